The molecule has 0 unspecified atom stereocenters. The summed E-state index contributed by atoms with van der Waals surface area (Å²) in [6, 6.07) is 2.97. The third-order valence-electron chi connectivity index (χ3n) is 1.86. The predicted molar refractivity (Wildman–Crippen MR) is 50.0 cm³/mol. The fourth-order valence-electron chi connectivity index (χ4n) is 1.15. The molecule has 0 N–H and O–H groups in total. The first-order valence-corrected chi connectivity index (χ1v) is 4.25. The second-order valence-corrected chi connectivity index (χ2v) is 3.20. The highest BCUT2D eigenvalue weighted by Crippen LogP contribution is 2.20. The van der Waals surface area contributed by atoms with Crippen LogP contribution in [0.15, 0.2) is 18.2 Å². The van der Waals surface area contributed by atoms with Crippen molar-refractivity contribution in [3.63, 3.8) is 0 Å². The minimum absolute atomic E-state index is 0.0939. The van der Waals surface area contributed by atoms with Gasteiger partial charge in [0.15, 0.2) is 0 Å². The van der Waals surface area contributed by atoms with Crippen LogP contribution in [0.3, 0.4) is 0 Å². The van der Waals surface area contributed by atoms with Gasteiger partial charge in [-0.15, -0.1) is 0 Å². The lowest BCUT2D eigenvalue weighted by molar-refractivity contribution is -0.107. The topological polar surface area (TPSA) is 20.3 Å². The van der Waals surface area contributed by atoms with E-state index in [0.29, 0.717) is 6.41 Å². The van der Waals surface area contributed by atoms with Gasteiger partial charge < -0.3 is 4.90 Å². The number of hydrogen-bond donors (Lipinski definition) is 0. The maximum atomic E-state index is 13.2. The number of hydrogen-bond acceptors (Lipinski definition) is 1. The SMILES string of the molecule is CC(C)N(C=O)c1ccc(F)cc1F. The van der Waals surface area contributed by atoms with Crippen LogP contribution in [-0.4, -0.2) is 12.5 Å². The third-order valence-corrected chi connectivity index (χ3v) is 1.86. The molecule has 0 saturated heterocycles. The standard InChI is InChI=1S/C10H11F2NO/c1-7(2)13(6-14)10-4-3-8(11)5-9(10)12/h3-7H,1-2H3. The highest BCUT2D eigenvalue weighted by Gasteiger charge is 2.14. The smallest absolute Gasteiger partial charge is 0.214 e. The van der Waals surface area contributed by atoms with Gasteiger partial charge >= 0.3 is 0 Å². The first kappa shape index (κ1) is 10.6. The van der Waals surface area contributed by atoms with Crippen LogP contribution in [0.5, 0.6) is 0 Å². The van der Waals surface area contributed by atoms with Gasteiger partial charge in [-0.1, -0.05) is 0 Å². The summed E-state index contributed by atoms with van der Waals surface area (Å²) < 4.78 is 25.8. The molecule has 14 heavy (non-hydrogen) atoms. The lowest BCUT2D eigenvalue weighted by atomic mass is 10.2. The van der Waals surface area contributed by atoms with Gasteiger partial charge in [0.1, 0.15) is 11.6 Å². The van der Waals surface area contributed by atoms with Crippen molar-refractivity contribution in [2.45, 2.75) is 19.9 Å². The second-order valence-electron chi connectivity index (χ2n) is 3.20. The number of halogens is 2. The Labute approximate surface area is 81.1 Å². The predicted octanol–water partition coefficient (Wildman–Crippen LogP) is 2.34. The summed E-state index contributed by atoms with van der Waals surface area (Å²) in [5.41, 5.74) is 0.0939. The second kappa shape index (κ2) is 4.17. The number of rotatable bonds is 3. The maximum Gasteiger partial charge on any atom is 0.214 e. The van der Waals surface area contributed by atoms with Crippen molar-refractivity contribution in [1.29, 1.82) is 0 Å². The number of carbonyl (C=O) groups excluding carboxylic acids is 1. The molecule has 2 nitrogen and oxygen atoms in total. The van der Waals surface area contributed by atoms with Crippen molar-refractivity contribution in [2.24, 2.45) is 0 Å². The van der Waals surface area contributed by atoms with Crippen LogP contribution in [0.1, 0.15) is 13.8 Å². The monoisotopic (exact) mass is 199 g/mol. The van der Waals surface area contributed by atoms with E-state index in [1.807, 2.05) is 0 Å². The fourth-order valence-corrected chi connectivity index (χ4v) is 1.15. The first-order chi connectivity index (χ1) is 6.56. The molecule has 0 aliphatic carbocycles. The number of carbonyl (C=O) groups is 1. The summed E-state index contributed by atoms with van der Waals surface area (Å²) in [4.78, 5) is 11.9. The Balaban J connectivity index is 3.10. The summed E-state index contributed by atoms with van der Waals surface area (Å²) in [7, 11) is 0. The summed E-state index contributed by atoms with van der Waals surface area (Å²) in [5, 5.41) is 0. The van der Waals surface area contributed by atoms with E-state index in [-0.39, 0.29) is 11.7 Å². The molecule has 0 atom stereocenters. The number of anilines is 1. The van der Waals surface area contributed by atoms with Crippen LogP contribution in [-0.2, 0) is 4.79 Å². The zero-order valence-electron chi connectivity index (χ0n) is 8.00. The zero-order valence-corrected chi connectivity index (χ0v) is 8.00. The van der Waals surface area contributed by atoms with Crippen molar-refractivity contribution in [3.8, 4) is 0 Å². The van der Waals surface area contributed by atoms with Gasteiger partial charge in [0.05, 0.1) is 5.69 Å². The van der Waals surface area contributed by atoms with Crippen LogP contribution in [0.2, 0.25) is 0 Å². The van der Waals surface area contributed by atoms with E-state index in [4.69, 9.17) is 0 Å². The molecule has 76 valence electrons. The van der Waals surface area contributed by atoms with Gasteiger partial charge in [-0.25, -0.2) is 8.78 Å². The summed E-state index contributed by atoms with van der Waals surface area (Å²) >= 11 is 0. The van der Waals surface area contributed by atoms with E-state index in [1.54, 1.807) is 13.8 Å². The first-order valence-electron chi connectivity index (χ1n) is 4.25. The number of amides is 1. The summed E-state index contributed by atoms with van der Waals surface area (Å²) in [6.45, 7) is 3.49. The van der Waals surface area contributed by atoms with Gasteiger partial charge in [-0.3, -0.25) is 4.79 Å². The van der Waals surface area contributed by atoms with E-state index in [2.05, 4.69) is 0 Å². The quantitative estimate of drug-likeness (QED) is 0.684. The molecule has 4 heteroatoms. The van der Waals surface area contributed by atoms with E-state index >= 15 is 0 Å². The largest absolute Gasteiger partial charge is 0.310 e. The Kier molecular flexibility index (Phi) is 3.17. The van der Waals surface area contributed by atoms with Crippen LogP contribution in [0.4, 0.5) is 14.5 Å². The van der Waals surface area contributed by atoms with Crippen LogP contribution < -0.4 is 4.90 Å². The molecule has 0 fully saturated rings. The molecule has 0 aromatic heterocycles. The van der Waals surface area contributed by atoms with Crippen molar-refractivity contribution < 1.29 is 13.6 Å². The average molecular weight is 199 g/mol. The molecule has 1 aromatic carbocycles. The maximum absolute atomic E-state index is 13.2. The van der Waals surface area contributed by atoms with Gasteiger partial charge in [0.25, 0.3) is 0 Å². The fraction of sp³-hybridized carbons (Fsp3) is 0.300. The minimum Gasteiger partial charge on any atom is -0.310 e. The highest BCUT2D eigenvalue weighted by molar-refractivity contribution is 5.75. The molecular formula is C10H11F2NO. The van der Waals surface area contributed by atoms with Crippen molar-refractivity contribution >= 4 is 12.1 Å². The highest BCUT2D eigenvalue weighted by atomic mass is 19.1. The molecule has 1 amide bonds. The van der Waals surface area contributed by atoms with E-state index in [0.717, 1.165) is 12.1 Å². The molecule has 0 bridgehead atoms. The number of nitrogens with zero attached hydrogens (tertiary/aromatic N) is 1. The van der Waals surface area contributed by atoms with E-state index < -0.39 is 11.6 Å². The average Bonchev–Trinajstić information content (AvgIpc) is 2.09. The molecule has 0 spiro atoms. The molecule has 0 aliphatic rings. The van der Waals surface area contributed by atoms with Gasteiger partial charge in [-0.05, 0) is 26.0 Å². The molecule has 0 radical (unpaired) electrons. The Morgan fingerprint density at radius 2 is 2.00 bits per heavy atom. The van der Waals surface area contributed by atoms with Gasteiger partial charge in [0, 0.05) is 12.1 Å². The molecule has 0 saturated carbocycles. The lowest BCUT2D eigenvalue weighted by Gasteiger charge is -2.22. The zero-order chi connectivity index (χ0) is 10.7. The van der Waals surface area contributed by atoms with Crippen LogP contribution in [0, 0.1) is 11.6 Å². The van der Waals surface area contributed by atoms with E-state index in [1.165, 1.54) is 11.0 Å². The number of benzene rings is 1. The molecule has 1 aromatic rings. The van der Waals surface area contributed by atoms with Gasteiger partial charge in [0.2, 0.25) is 6.41 Å². The van der Waals surface area contributed by atoms with Crippen molar-refractivity contribution in [2.75, 3.05) is 4.90 Å². The molecule has 0 heterocycles. The Morgan fingerprint density at radius 3 is 2.43 bits per heavy atom. The summed E-state index contributed by atoms with van der Waals surface area (Å²) in [6.07, 6.45) is 0.529. The lowest BCUT2D eigenvalue weighted by Crippen LogP contribution is -2.29. The van der Waals surface area contributed by atoms with E-state index in [9.17, 15) is 13.6 Å². The molecule has 1 rings (SSSR count). The van der Waals surface area contributed by atoms with Crippen LogP contribution >= 0.6 is 0 Å². The normalized spacial score (nSPS) is 10.4. The molecular weight excluding hydrogens is 188 g/mol. The van der Waals surface area contributed by atoms with Gasteiger partial charge in [-0.2, -0.15) is 0 Å². The summed E-state index contributed by atoms with van der Waals surface area (Å²) in [5.74, 6) is -1.38. The molecule has 0 aliphatic heterocycles. The Bertz CT molecular complexity index is 339. The van der Waals surface area contributed by atoms with Crippen LogP contribution in [0.25, 0.3) is 0 Å². The Hall–Kier alpha value is -1.45. The minimum atomic E-state index is -0.731. The van der Waals surface area contributed by atoms with Crippen molar-refractivity contribution in [3.05, 3.63) is 29.8 Å². The third kappa shape index (κ3) is 2.07. The Morgan fingerprint density at radius 1 is 1.36 bits per heavy atom. The van der Waals surface area contributed by atoms with Crippen molar-refractivity contribution in [1.82, 2.24) is 0 Å².